The molecule has 0 N–H and O–H groups in total. The Labute approximate surface area is 255 Å². The van der Waals surface area contributed by atoms with Gasteiger partial charge in [0.2, 0.25) is 0 Å². The summed E-state index contributed by atoms with van der Waals surface area (Å²) < 4.78 is 0. The standard InChI is InChI=1S/C38H54S2/c1-5-9-13-18-37(31-20-24-35(25-21-31)39-28-11-7-3)33-16-15-17-34(30-33)38(19-14-10-6-2)32-22-26-36(27-23-32)40-29-12-8-4/h15-17,20-27,30,37-38H,5-14,18-19,28-29H2,1-4H3. The third-order valence-corrected chi connectivity index (χ3v) is 10.2. The molecule has 0 amide bonds. The minimum atomic E-state index is 0.467. The van der Waals surface area contributed by atoms with Crippen LogP contribution in [0.15, 0.2) is 82.6 Å². The van der Waals surface area contributed by atoms with Crippen molar-refractivity contribution in [3.63, 3.8) is 0 Å². The van der Waals surface area contributed by atoms with Crippen LogP contribution in [0.4, 0.5) is 0 Å². The minimum Gasteiger partial charge on any atom is -0.126 e. The predicted octanol–water partition coefficient (Wildman–Crippen LogP) is 12.9. The molecule has 0 aromatic heterocycles. The van der Waals surface area contributed by atoms with E-state index in [0.29, 0.717) is 11.8 Å². The Morgan fingerprint density at radius 2 is 0.850 bits per heavy atom. The van der Waals surface area contributed by atoms with E-state index in [1.165, 1.54) is 121 Å². The summed E-state index contributed by atoms with van der Waals surface area (Å²) in [6, 6.07) is 28.7. The van der Waals surface area contributed by atoms with Crippen LogP contribution in [0, 0.1) is 0 Å². The minimum absolute atomic E-state index is 0.467. The highest BCUT2D eigenvalue weighted by atomic mass is 32.2. The van der Waals surface area contributed by atoms with Crippen LogP contribution in [0.5, 0.6) is 0 Å². The first-order valence-electron chi connectivity index (χ1n) is 16.2. The molecule has 3 rings (SSSR count). The maximum atomic E-state index is 2.56. The molecule has 0 nitrogen and oxygen atoms in total. The van der Waals surface area contributed by atoms with Crippen LogP contribution in [0.3, 0.4) is 0 Å². The normalized spacial score (nSPS) is 12.9. The number of rotatable bonds is 20. The summed E-state index contributed by atoms with van der Waals surface area (Å²) in [5.74, 6) is 3.37. The van der Waals surface area contributed by atoms with Gasteiger partial charge < -0.3 is 0 Å². The Hall–Kier alpha value is -1.64. The molecule has 40 heavy (non-hydrogen) atoms. The molecular weight excluding hydrogens is 521 g/mol. The van der Waals surface area contributed by atoms with Crippen molar-refractivity contribution < 1.29 is 0 Å². The lowest BCUT2D eigenvalue weighted by atomic mass is 9.82. The number of hydrogen-bond acceptors (Lipinski definition) is 2. The second-order valence-electron chi connectivity index (χ2n) is 11.3. The van der Waals surface area contributed by atoms with Crippen LogP contribution in [-0.4, -0.2) is 11.5 Å². The summed E-state index contributed by atoms with van der Waals surface area (Å²) in [5.41, 5.74) is 5.94. The number of hydrogen-bond donors (Lipinski definition) is 0. The summed E-state index contributed by atoms with van der Waals surface area (Å²) in [4.78, 5) is 2.82. The molecule has 0 fully saturated rings. The fourth-order valence-corrected chi connectivity index (χ4v) is 7.50. The van der Waals surface area contributed by atoms with Gasteiger partial charge in [-0.2, -0.15) is 0 Å². The van der Waals surface area contributed by atoms with Gasteiger partial charge in [0.1, 0.15) is 0 Å². The van der Waals surface area contributed by atoms with Gasteiger partial charge in [0.05, 0.1) is 0 Å². The molecule has 2 unspecified atom stereocenters. The smallest absolute Gasteiger partial charge is 0.00894 e. The van der Waals surface area contributed by atoms with E-state index < -0.39 is 0 Å². The van der Waals surface area contributed by atoms with Crippen molar-refractivity contribution in [2.75, 3.05) is 11.5 Å². The maximum absolute atomic E-state index is 2.56. The van der Waals surface area contributed by atoms with Crippen LogP contribution in [0.1, 0.15) is 139 Å². The summed E-state index contributed by atoms with van der Waals surface area (Å²) >= 11 is 4.00. The molecule has 0 saturated heterocycles. The molecule has 0 aliphatic heterocycles. The molecule has 3 aromatic carbocycles. The Morgan fingerprint density at radius 3 is 1.23 bits per heavy atom. The van der Waals surface area contributed by atoms with E-state index in [9.17, 15) is 0 Å². The molecule has 0 radical (unpaired) electrons. The average Bonchev–Trinajstić information content (AvgIpc) is 2.99. The molecular formula is C38H54S2. The zero-order valence-corrected chi connectivity index (χ0v) is 27.4. The highest BCUT2D eigenvalue weighted by Crippen LogP contribution is 2.36. The molecule has 3 aromatic rings. The fourth-order valence-electron chi connectivity index (χ4n) is 5.50. The van der Waals surface area contributed by atoms with E-state index in [-0.39, 0.29) is 0 Å². The monoisotopic (exact) mass is 574 g/mol. The van der Waals surface area contributed by atoms with Gasteiger partial charge in [-0.25, -0.2) is 0 Å². The van der Waals surface area contributed by atoms with Crippen molar-refractivity contribution in [2.24, 2.45) is 0 Å². The van der Waals surface area contributed by atoms with Gasteiger partial charge in [0.15, 0.2) is 0 Å². The summed E-state index contributed by atoms with van der Waals surface area (Å²) in [6.07, 6.45) is 15.3. The SMILES string of the molecule is CCCCCC(c1ccc(SCCCC)cc1)c1cccc(C(CCCCC)c2ccc(SCCCC)cc2)c1. The summed E-state index contributed by atoms with van der Waals surface area (Å²) in [7, 11) is 0. The Morgan fingerprint density at radius 1 is 0.450 bits per heavy atom. The van der Waals surface area contributed by atoms with E-state index in [0.717, 1.165) is 0 Å². The second-order valence-corrected chi connectivity index (χ2v) is 13.6. The fraction of sp³-hybridized carbons (Fsp3) is 0.526. The molecule has 0 aliphatic rings. The second kappa shape index (κ2) is 19.5. The lowest BCUT2D eigenvalue weighted by Gasteiger charge is -2.23. The van der Waals surface area contributed by atoms with Gasteiger partial charge >= 0.3 is 0 Å². The zero-order valence-electron chi connectivity index (χ0n) is 25.8. The topological polar surface area (TPSA) is 0 Å². The maximum Gasteiger partial charge on any atom is 0.00894 e. The van der Waals surface area contributed by atoms with Crippen molar-refractivity contribution in [3.05, 3.63) is 95.1 Å². The van der Waals surface area contributed by atoms with Gasteiger partial charge in [0, 0.05) is 21.6 Å². The number of unbranched alkanes of at least 4 members (excludes halogenated alkanes) is 6. The van der Waals surface area contributed by atoms with E-state index >= 15 is 0 Å². The van der Waals surface area contributed by atoms with E-state index in [2.05, 4.69) is 100 Å². The quantitative estimate of drug-likeness (QED) is 0.0972. The third kappa shape index (κ3) is 11.0. The van der Waals surface area contributed by atoms with Crippen molar-refractivity contribution in [2.45, 2.75) is 126 Å². The van der Waals surface area contributed by atoms with Crippen LogP contribution in [0.25, 0.3) is 0 Å². The Balaban J connectivity index is 1.86. The number of benzene rings is 3. The van der Waals surface area contributed by atoms with E-state index in [1.807, 2.05) is 23.5 Å². The van der Waals surface area contributed by atoms with Crippen molar-refractivity contribution in [1.82, 2.24) is 0 Å². The van der Waals surface area contributed by atoms with Crippen LogP contribution < -0.4 is 0 Å². The molecule has 0 saturated carbocycles. The lowest BCUT2D eigenvalue weighted by Crippen LogP contribution is -2.06. The summed E-state index contributed by atoms with van der Waals surface area (Å²) in [5, 5.41) is 0. The highest BCUT2D eigenvalue weighted by Gasteiger charge is 2.19. The predicted molar refractivity (Wildman–Crippen MR) is 183 cm³/mol. The lowest BCUT2D eigenvalue weighted by molar-refractivity contribution is 0.609. The van der Waals surface area contributed by atoms with Gasteiger partial charge in [-0.1, -0.05) is 128 Å². The largest absolute Gasteiger partial charge is 0.126 e. The molecule has 2 heteroatoms. The molecule has 0 spiro atoms. The first kappa shape index (κ1) is 32.9. The van der Waals surface area contributed by atoms with Crippen LogP contribution >= 0.6 is 23.5 Å². The number of thioether (sulfide) groups is 2. The van der Waals surface area contributed by atoms with Gasteiger partial charge in [0.25, 0.3) is 0 Å². The Kier molecular flexibility index (Phi) is 16.0. The van der Waals surface area contributed by atoms with Gasteiger partial charge in [-0.05, 0) is 83.7 Å². The van der Waals surface area contributed by atoms with Crippen LogP contribution in [0.2, 0.25) is 0 Å². The Bertz CT molecular complexity index is 971. The average molecular weight is 575 g/mol. The van der Waals surface area contributed by atoms with E-state index in [4.69, 9.17) is 0 Å². The summed E-state index contributed by atoms with van der Waals surface area (Å²) in [6.45, 7) is 9.17. The highest BCUT2D eigenvalue weighted by molar-refractivity contribution is 7.99. The third-order valence-electron chi connectivity index (χ3n) is 8.01. The van der Waals surface area contributed by atoms with E-state index in [1.54, 1.807) is 0 Å². The first-order valence-corrected chi connectivity index (χ1v) is 18.2. The molecule has 2 atom stereocenters. The first-order chi connectivity index (χ1) is 19.7. The van der Waals surface area contributed by atoms with Gasteiger partial charge in [-0.3, -0.25) is 0 Å². The molecule has 0 aliphatic carbocycles. The zero-order chi connectivity index (χ0) is 28.4. The molecule has 0 heterocycles. The van der Waals surface area contributed by atoms with Crippen molar-refractivity contribution in [1.29, 1.82) is 0 Å². The molecule has 0 bridgehead atoms. The van der Waals surface area contributed by atoms with Crippen LogP contribution in [-0.2, 0) is 0 Å². The molecule has 218 valence electrons. The van der Waals surface area contributed by atoms with Gasteiger partial charge in [-0.15, -0.1) is 23.5 Å². The van der Waals surface area contributed by atoms with Crippen molar-refractivity contribution >= 4 is 23.5 Å². The van der Waals surface area contributed by atoms with Crippen molar-refractivity contribution in [3.8, 4) is 0 Å².